The van der Waals surface area contributed by atoms with Crippen LogP contribution in [0.15, 0.2) is 60.7 Å². The molecule has 1 aliphatic rings. The standard InChI is InChI=1S/C27H26ClFN4O5/c1-16-4-2-3-5-22(16)31-27(37)32-23-11-8-19(30-25(23)28)13-24(34)33-14-18(29)12-20(33)15-38-21-9-6-17(7-10-21)26(35)36/h2-11,18,20H,12-15H2,1H3,(H,35,36)(H2,31,32,37)/t18-,20-/m0/s1. The van der Waals surface area contributed by atoms with Crippen molar-refractivity contribution >= 4 is 40.9 Å². The summed E-state index contributed by atoms with van der Waals surface area (Å²) in [5.41, 5.74) is 2.33. The Kier molecular flexibility index (Phi) is 8.42. The van der Waals surface area contributed by atoms with Gasteiger partial charge in [0.25, 0.3) is 0 Å². The molecule has 2 aromatic carbocycles. The summed E-state index contributed by atoms with van der Waals surface area (Å²) in [7, 11) is 0. The molecule has 1 saturated heterocycles. The Labute approximate surface area is 223 Å². The molecule has 3 aromatic rings. The highest BCUT2D eigenvalue weighted by Gasteiger charge is 2.36. The van der Waals surface area contributed by atoms with Gasteiger partial charge in [0.15, 0.2) is 5.15 Å². The molecular formula is C27H26ClFN4O5. The van der Waals surface area contributed by atoms with Crippen LogP contribution in [0, 0.1) is 6.92 Å². The number of nitrogens with zero attached hydrogens (tertiary/aromatic N) is 2. The molecule has 0 unspecified atom stereocenters. The van der Waals surface area contributed by atoms with Gasteiger partial charge in [-0.05, 0) is 55.0 Å². The number of carboxylic acid groups (broad SMARTS) is 1. The van der Waals surface area contributed by atoms with E-state index in [-0.39, 0.29) is 48.3 Å². The second-order valence-corrected chi connectivity index (χ2v) is 9.24. The second kappa shape index (κ2) is 11.9. The van der Waals surface area contributed by atoms with Crippen LogP contribution in [0.25, 0.3) is 0 Å². The van der Waals surface area contributed by atoms with Crippen molar-refractivity contribution in [2.75, 3.05) is 23.8 Å². The first-order valence-corrected chi connectivity index (χ1v) is 12.3. The van der Waals surface area contributed by atoms with Gasteiger partial charge in [0.2, 0.25) is 5.91 Å². The highest BCUT2D eigenvalue weighted by molar-refractivity contribution is 6.32. The number of aromatic nitrogens is 1. The number of pyridine rings is 1. The Hall–Kier alpha value is -4.18. The molecule has 11 heteroatoms. The smallest absolute Gasteiger partial charge is 0.335 e. The van der Waals surface area contributed by atoms with Gasteiger partial charge in [-0.15, -0.1) is 0 Å². The number of hydrogen-bond donors (Lipinski definition) is 3. The van der Waals surface area contributed by atoms with E-state index in [4.69, 9.17) is 21.4 Å². The predicted molar refractivity (Wildman–Crippen MR) is 141 cm³/mol. The van der Waals surface area contributed by atoms with Crippen LogP contribution in [0.3, 0.4) is 0 Å². The number of para-hydroxylation sites is 1. The molecule has 2 atom stereocenters. The minimum atomic E-state index is -1.18. The molecular weight excluding hydrogens is 515 g/mol. The minimum absolute atomic E-state index is 0.0183. The lowest BCUT2D eigenvalue weighted by Gasteiger charge is -2.24. The zero-order chi connectivity index (χ0) is 27.2. The Balaban J connectivity index is 1.34. The third-order valence-electron chi connectivity index (χ3n) is 6.11. The number of halogens is 2. The Morgan fingerprint density at radius 3 is 2.47 bits per heavy atom. The lowest BCUT2D eigenvalue weighted by molar-refractivity contribution is -0.132. The maximum Gasteiger partial charge on any atom is 0.335 e. The van der Waals surface area contributed by atoms with Crippen molar-refractivity contribution in [2.45, 2.75) is 32.0 Å². The normalized spacial score (nSPS) is 16.7. The summed E-state index contributed by atoms with van der Waals surface area (Å²) in [4.78, 5) is 42.0. The van der Waals surface area contributed by atoms with Gasteiger partial charge in [-0.2, -0.15) is 0 Å². The average molecular weight is 541 g/mol. The van der Waals surface area contributed by atoms with E-state index >= 15 is 0 Å². The molecule has 2 heterocycles. The molecule has 0 radical (unpaired) electrons. The van der Waals surface area contributed by atoms with Gasteiger partial charge in [-0.3, -0.25) is 4.79 Å². The van der Waals surface area contributed by atoms with Gasteiger partial charge in [0.05, 0.1) is 36.0 Å². The van der Waals surface area contributed by atoms with Crippen LogP contribution in [0.1, 0.15) is 28.0 Å². The first-order valence-electron chi connectivity index (χ1n) is 11.9. The average Bonchev–Trinajstić information content (AvgIpc) is 3.26. The monoisotopic (exact) mass is 540 g/mol. The third kappa shape index (κ3) is 6.77. The van der Waals surface area contributed by atoms with Crippen molar-refractivity contribution in [3.63, 3.8) is 0 Å². The maximum absolute atomic E-state index is 14.2. The van der Waals surface area contributed by atoms with Crippen LogP contribution in [-0.4, -0.2) is 58.3 Å². The van der Waals surface area contributed by atoms with Gasteiger partial charge < -0.3 is 25.4 Å². The SMILES string of the molecule is Cc1ccccc1NC(=O)Nc1ccc(CC(=O)N2C[C@@H](F)C[C@H]2COc2ccc(C(=O)O)cc2)nc1Cl. The number of carbonyl (C=O) groups excluding carboxylic acids is 2. The summed E-state index contributed by atoms with van der Waals surface area (Å²) >= 11 is 6.26. The summed E-state index contributed by atoms with van der Waals surface area (Å²) in [6, 6.07) is 15.3. The molecule has 1 aliphatic heterocycles. The molecule has 1 aromatic heterocycles. The number of nitrogens with one attached hydrogen (secondary N) is 2. The fraction of sp³-hybridized carbons (Fsp3) is 0.259. The highest BCUT2D eigenvalue weighted by Crippen LogP contribution is 2.25. The van der Waals surface area contributed by atoms with E-state index in [1.54, 1.807) is 18.2 Å². The molecule has 38 heavy (non-hydrogen) atoms. The molecule has 3 amide bonds. The van der Waals surface area contributed by atoms with Gasteiger partial charge in [-0.1, -0.05) is 29.8 Å². The first-order chi connectivity index (χ1) is 18.2. The van der Waals surface area contributed by atoms with Crippen molar-refractivity contribution in [3.05, 3.63) is 82.6 Å². The van der Waals surface area contributed by atoms with E-state index in [0.717, 1.165) is 5.56 Å². The minimum Gasteiger partial charge on any atom is -0.491 e. The van der Waals surface area contributed by atoms with Crippen LogP contribution in [0.2, 0.25) is 5.15 Å². The molecule has 4 rings (SSSR count). The van der Waals surface area contributed by atoms with Crippen molar-refractivity contribution in [3.8, 4) is 5.75 Å². The van der Waals surface area contributed by atoms with Crippen molar-refractivity contribution in [1.29, 1.82) is 0 Å². The lowest BCUT2D eigenvalue weighted by atomic mass is 10.2. The highest BCUT2D eigenvalue weighted by atomic mass is 35.5. The number of benzene rings is 2. The Morgan fingerprint density at radius 1 is 1.08 bits per heavy atom. The van der Waals surface area contributed by atoms with E-state index in [1.165, 1.54) is 29.2 Å². The summed E-state index contributed by atoms with van der Waals surface area (Å²) < 4.78 is 19.9. The number of aromatic carboxylic acids is 1. The summed E-state index contributed by atoms with van der Waals surface area (Å²) in [6.45, 7) is 1.87. The maximum atomic E-state index is 14.2. The van der Waals surface area contributed by atoms with Gasteiger partial charge in [0.1, 0.15) is 18.5 Å². The number of likely N-dealkylation sites (tertiary alicyclic amines) is 1. The number of ether oxygens (including phenoxy) is 1. The van der Waals surface area contributed by atoms with E-state index in [1.807, 2.05) is 25.1 Å². The van der Waals surface area contributed by atoms with E-state index in [0.29, 0.717) is 17.1 Å². The Bertz CT molecular complexity index is 1340. The predicted octanol–water partition coefficient (Wildman–Crippen LogP) is 4.95. The number of amides is 3. The van der Waals surface area contributed by atoms with Gasteiger partial charge in [-0.25, -0.2) is 19.0 Å². The number of rotatable bonds is 8. The number of aryl methyl sites for hydroxylation is 1. The quantitative estimate of drug-likeness (QED) is 0.348. The van der Waals surface area contributed by atoms with Gasteiger partial charge >= 0.3 is 12.0 Å². The molecule has 3 N–H and O–H groups in total. The second-order valence-electron chi connectivity index (χ2n) is 8.89. The third-order valence-corrected chi connectivity index (χ3v) is 6.40. The lowest BCUT2D eigenvalue weighted by Crippen LogP contribution is -2.40. The first kappa shape index (κ1) is 26.9. The molecule has 0 aliphatic carbocycles. The fourth-order valence-corrected chi connectivity index (χ4v) is 4.34. The Morgan fingerprint density at radius 2 is 1.79 bits per heavy atom. The molecule has 1 fully saturated rings. The zero-order valence-corrected chi connectivity index (χ0v) is 21.2. The van der Waals surface area contributed by atoms with Crippen molar-refractivity contribution in [1.82, 2.24) is 9.88 Å². The summed E-state index contributed by atoms with van der Waals surface area (Å²) in [5, 5.41) is 14.4. The number of alkyl halides is 1. The van der Waals surface area contributed by atoms with Crippen LogP contribution < -0.4 is 15.4 Å². The van der Waals surface area contributed by atoms with E-state index < -0.39 is 24.2 Å². The van der Waals surface area contributed by atoms with Crippen LogP contribution in [0.4, 0.5) is 20.6 Å². The molecule has 9 nitrogen and oxygen atoms in total. The molecule has 0 spiro atoms. The largest absolute Gasteiger partial charge is 0.491 e. The summed E-state index contributed by atoms with van der Waals surface area (Å²) in [5.74, 6) is -0.957. The number of carbonyl (C=O) groups is 3. The van der Waals surface area contributed by atoms with Crippen molar-refractivity contribution in [2.24, 2.45) is 0 Å². The molecule has 198 valence electrons. The van der Waals surface area contributed by atoms with Gasteiger partial charge in [0, 0.05) is 12.1 Å². The van der Waals surface area contributed by atoms with E-state index in [9.17, 15) is 18.8 Å². The van der Waals surface area contributed by atoms with Crippen LogP contribution >= 0.6 is 11.6 Å². The fourth-order valence-electron chi connectivity index (χ4n) is 4.12. The topological polar surface area (TPSA) is 121 Å². The number of carboxylic acids is 1. The van der Waals surface area contributed by atoms with Crippen LogP contribution in [-0.2, 0) is 11.2 Å². The molecule has 0 bridgehead atoms. The van der Waals surface area contributed by atoms with E-state index in [2.05, 4.69) is 15.6 Å². The molecule has 0 saturated carbocycles. The van der Waals surface area contributed by atoms with Crippen LogP contribution in [0.5, 0.6) is 5.75 Å². The number of anilines is 2. The zero-order valence-electron chi connectivity index (χ0n) is 20.5. The number of urea groups is 1. The van der Waals surface area contributed by atoms with Crippen molar-refractivity contribution < 1.29 is 28.6 Å². The summed E-state index contributed by atoms with van der Waals surface area (Å²) in [6.07, 6.45) is -1.16. The number of hydrogen-bond acceptors (Lipinski definition) is 5.